The van der Waals surface area contributed by atoms with Gasteiger partial charge in [-0.2, -0.15) is 0 Å². The van der Waals surface area contributed by atoms with Crippen molar-refractivity contribution in [1.82, 2.24) is 10.9 Å². The van der Waals surface area contributed by atoms with Gasteiger partial charge in [0.05, 0.1) is 17.3 Å². The monoisotopic (exact) mass is 531 g/mol. The van der Waals surface area contributed by atoms with Crippen molar-refractivity contribution in [2.75, 3.05) is 6.61 Å². The van der Waals surface area contributed by atoms with E-state index < -0.39 is 47.2 Å². The lowest BCUT2D eigenvalue weighted by Gasteiger charge is -2.42. The number of ketones is 1. The molecule has 0 aliphatic carbocycles. The lowest BCUT2D eigenvalue weighted by Crippen LogP contribution is -2.56. The van der Waals surface area contributed by atoms with Crippen molar-refractivity contribution in [3.63, 3.8) is 0 Å². The highest BCUT2D eigenvalue weighted by atomic mass is 16.8. The summed E-state index contributed by atoms with van der Waals surface area (Å²) in [6.07, 6.45) is 4.36. The molecule has 9 heteroatoms. The third kappa shape index (κ3) is 8.73. The number of nitrogens with two attached hydrogens (primary N) is 1. The van der Waals surface area contributed by atoms with E-state index in [-0.39, 0.29) is 24.7 Å². The molecule has 0 bridgehead atoms. The van der Waals surface area contributed by atoms with Crippen LogP contribution in [-0.4, -0.2) is 41.7 Å². The number of amides is 2. The molecule has 1 aliphatic heterocycles. The van der Waals surface area contributed by atoms with E-state index in [2.05, 4.69) is 10.9 Å². The van der Waals surface area contributed by atoms with Crippen LogP contribution in [0.25, 0.3) is 6.08 Å². The molecule has 1 heterocycles. The van der Waals surface area contributed by atoms with Crippen molar-refractivity contribution in [1.29, 1.82) is 0 Å². The Morgan fingerprint density at radius 2 is 1.79 bits per heavy atom. The maximum absolute atomic E-state index is 14.0. The highest BCUT2D eigenvalue weighted by molar-refractivity contribution is 5.98. The van der Waals surface area contributed by atoms with Crippen LogP contribution in [-0.2, 0) is 24.0 Å². The number of carbonyl (C=O) groups is 3. The number of hydroxylamine groups is 1. The number of aliphatic hydroxyl groups is 1. The van der Waals surface area contributed by atoms with E-state index in [9.17, 15) is 19.5 Å². The average molecular weight is 532 g/mol. The van der Waals surface area contributed by atoms with Crippen LogP contribution < -0.4 is 16.7 Å². The zero-order valence-corrected chi connectivity index (χ0v) is 23.3. The SMILES string of the molecule is CC(C)C[C@@H](C(=O)NN)[C@H](C(=O)NOC1CCCCO1)C(/C=C/c1ccccc1)(CC(C)C)C(=O)C(C)O. The lowest BCUT2D eigenvalue weighted by atomic mass is 9.60. The molecule has 0 spiro atoms. The number of rotatable bonds is 14. The molecular formula is C29H45N3O6. The fraction of sp³-hybridized carbons (Fsp3) is 0.621. The normalized spacial score (nSPS) is 20.1. The van der Waals surface area contributed by atoms with Gasteiger partial charge in [0.25, 0.3) is 0 Å². The molecule has 1 saturated heterocycles. The molecule has 38 heavy (non-hydrogen) atoms. The predicted octanol–water partition coefficient (Wildman–Crippen LogP) is 3.53. The number of aliphatic hydroxyl groups excluding tert-OH is 1. The van der Waals surface area contributed by atoms with Gasteiger partial charge in [-0.3, -0.25) is 19.8 Å². The maximum atomic E-state index is 14.0. The molecule has 9 nitrogen and oxygen atoms in total. The molecule has 1 aromatic carbocycles. The average Bonchev–Trinajstić information content (AvgIpc) is 2.89. The van der Waals surface area contributed by atoms with Gasteiger partial charge in [-0.25, -0.2) is 16.2 Å². The summed E-state index contributed by atoms with van der Waals surface area (Å²) in [5.41, 5.74) is 3.98. The van der Waals surface area contributed by atoms with Crippen LogP contribution in [0.3, 0.4) is 0 Å². The smallest absolute Gasteiger partial charge is 0.248 e. The van der Waals surface area contributed by atoms with E-state index in [4.69, 9.17) is 15.4 Å². The van der Waals surface area contributed by atoms with Crippen molar-refractivity contribution >= 4 is 23.7 Å². The fourth-order valence-electron chi connectivity index (χ4n) is 5.28. The second kappa shape index (κ2) is 15.1. The Morgan fingerprint density at radius 1 is 1.11 bits per heavy atom. The Labute approximate surface area is 226 Å². The summed E-state index contributed by atoms with van der Waals surface area (Å²) in [7, 11) is 0. The van der Waals surface area contributed by atoms with Crippen LogP contribution in [0.2, 0.25) is 0 Å². The van der Waals surface area contributed by atoms with E-state index in [1.165, 1.54) is 6.92 Å². The van der Waals surface area contributed by atoms with Crippen LogP contribution in [0.1, 0.15) is 72.3 Å². The minimum absolute atomic E-state index is 0.00620. The van der Waals surface area contributed by atoms with Crippen molar-refractivity contribution in [2.24, 2.45) is 34.9 Å². The number of Topliss-reactive ketones (excluding diaryl/α,β-unsaturated/α-hetero) is 1. The van der Waals surface area contributed by atoms with Crippen molar-refractivity contribution in [3.8, 4) is 0 Å². The molecule has 5 atom stereocenters. The van der Waals surface area contributed by atoms with Gasteiger partial charge in [-0.05, 0) is 50.0 Å². The number of hydrogen-bond acceptors (Lipinski definition) is 7. The summed E-state index contributed by atoms with van der Waals surface area (Å²) in [5.74, 6) is 1.59. The third-order valence-corrected chi connectivity index (χ3v) is 6.83. The molecule has 3 unspecified atom stereocenters. The first-order valence-corrected chi connectivity index (χ1v) is 13.6. The summed E-state index contributed by atoms with van der Waals surface area (Å²) in [6, 6.07) is 9.36. The van der Waals surface area contributed by atoms with Crippen LogP contribution in [0.4, 0.5) is 0 Å². The Hall–Kier alpha value is -2.59. The minimum atomic E-state index is -1.54. The number of hydrogen-bond donors (Lipinski definition) is 4. The third-order valence-electron chi connectivity index (χ3n) is 6.83. The largest absolute Gasteiger partial charge is 0.386 e. The van der Waals surface area contributed by atoms with Crippen molar-refractivity contribution < 1.29 is 29.1 Å². The quantitative estimate of drug-likeness (QED) is 0.164. The first-order chi connectivity index (χ1) is 18.0. The lowest BCUT2D eigenvalue weighted by molar-refractivity contribution is -0.205. The number of benzene rings is 1. The standard InChI is InChI=1S/C29H45N3O6/c1-19(2)17-23(27(35)31-30)25(28(36)32-38-24-13-9-10-16-37-24)29(18-20(3)4,26(34)21(5)33)15-14-22-11-7-6-8-12-22/h6-8,11-12,14-15,19-21,23-25,33H,9-10,13,16-18,30H2,1-5H3,(H,31,35)(H,32,36)/b15-14+/t21?,23-,24?,25-,29?/m1/s1. The fourth-order valence-corrected chi connectivity index (χ4v) is 5.28. The summed E-state index contributed by atoms with van der Waals surface area (Å²) >= 11 is 0. The highest BCUT2D eigenvalue weighted by Crippen LogP contribution is 2.45. The molecule has 2 amide bonds. The topological polar surface area (TPSA) is 140 Å². The minimum Gasteiger partial charge on any atom is -0.386 e. The van der Waals surface area contributed by atoms with Gasteiger partial charge < -0.3 is 9.84 Å². The molecule has 1 fully saturated rings. The Kier molecular flexibility index (Phi) is 12.6. The molecule has 5 N–H and O–H groups in total. The van der Waals surface area contributed by atoms with E-state index in [1.807, 2.05) is 58.0 Å². The van der Waals surface area contributed by atoms with E-state index in [1.54, 1.807) is 12.2 Å². The summed E-state index contributed by atoms with van der Waals surface area (Å²) in [6.45, 7) is 9.63. The van der Waals surface area contributed by atoms with Gasteiger partial charge in [0, 0.05) is 13.0 Å². The highest BCUT2D eigenvalue weighted by Gasteiger charge is 2.53. The Morgan fingerprint density at radius 3 is 2.32 bits per heavy atom. The molecule has 1 aliphatic rings. The van der Waals surface area contributed by atoms with E-state index in [0.717, 1.165) is 18.4 Å². The molecule has 2 rings (SSSR count). The summed E-state index contributed by atoms with van der Waals surface area (Å²) in [5, 5.41) is 10.6. The number of carbonyl (C=O) groups excluding carboxylic acids is 3. The first kappa shape index (κ1) is 31.6. The van der Waals surface area contributed by atoms with E-state index >= 15 is 0 Å². The number of allylic oxidation sites excluding steroid dienone is 1. The summed E-state index contributed by atoms with van der Waals surface area (Å²) < 4.78 is 5.59. The van der Waals surface area contributed by atoms with Crippen LogP contribution in [0.15, 0.2) is 36.4 Å². The van der Waals surface area contributed by atoms with Crippen LogP contribution in [0, 0.1) is 29.1 Å². The molecular weight excluding hydrogens is 486 g/mol. The van der Waals surface area contributed by atoms with E-state index in [0.29, 0.717) is 13.0 Å². The zero-order chi connectivity index (χ0) is 28.3. The van der Waals surface area contributed by atoms with Crippen LogP contribution >= 0.6 is 0 Å². The number of hydrazine groups is 1. The van der Waals surface area contributed by atoms with Gasteiger partial charge >= 0.3 is 0 Å². The number of ether oxygens (including phenoxy) is 1. The molecule has 212 valence electrons. The first-order valence-electron chi connectivity index (χ1n) is 13.6. The van der Waals surface area contributed by atoms with Crippen LogP contribution in [0.5, 0.6) is 0 Å². The molecule has 0 radical (unpaired) electrons. The number of nitrogens with one attached hydrogen (secondary N) is 2. The van der Waals surface area contributed by atoms with Crippen molar-refractivity contribution in [3.05, 3.63) is 42.0 Å². The van der Waals surface area contributed by atoms with Gasteiger partial charge in [0.15, 0.2) is 12.1 Å². The summed E-state index contributed by atoms with van der Waals surface area (Å²) in [4.78, 5) is 46.8. The molecule has 0 aromatic heterocycles. The second-order valence-electron chi connectivity index (χ2n) is 11.0. The molecule has 1 aromatic rings. The maximum Gasteiger partial charge on any atom is 0.248 e. The predicted molar refractivity (Wildman–Crippen MR) is 146 cm³/mol. The van der Waals surface area contributed by atoms with Gasteiger partial charge in [-0.15, -0.1) is 0 Å². The Bertz CT molecular complexity index is 928. The zero-order valence-electron chi connectivity index (χ0n) is 23.3. The van der Waals surface area contributed by atoms with Gasteiger partial charge in [0.2, 0.25) is 11.8 Å². The molecule has 0 saturated carbocycles. The Balaban J connectivity index is 2.70. The van der Waals surface area contributed by atoms with Gasteiger partial charge in [0.1, 0.15) is 6.10 Å². The van der Waals surface area contributed by atoms with Gasteiger partial charge in [-0.1, -0.05) is 70.2 Å². The second-order valence-corrected chi connectivity index (χ2v) is 11.0. The van der Waals surface area contributed by atoms with Crippen molar-refractivity contribution in [2.45, 2.75) is 79.1 Å².